The van der Waals surface area contributed by atoms with E-state index < -0.39 is 5.41 Å². The summed E-state index contributed by atoms with van der Waals surface area (Å²) in [5.74, 6) is 1.18. The van der Waals surface area contributed by atoms with Crippen molar-refractivity contribution in [1.82, 2.24) is 20.1 Å². The summed E-state index contributed by atoms with van der Waals surface area (Å²) >= 11 is 0. The van der Waals surface area contributed by atoms with Gasteiger partial charge in [-0.25, -0.2) is 9.97 Å². The first kappa shape index (κ1) is 20.3. The van der Waals surface area contributed by atoms with E-state index in [0.29, 0.717) is 11.8 Å². The number of rotatable bonds is 5. The first-order chi connectivity index (χ1) is 14.4. The van der Waals surface area contributed by atoms with Gasteiger partial charge in [-0.3, -0.25) is 0 Å². The molecule has 1 aliphatic heterocycles. The smallest absolute Gasteiger partial charge is 0.324 e. The number of hydrogen-bond acceptors (Lipinski definition) is 8. The van der Waals surface area contributed by atoms with Crippen LogP contribution in [0.5, 0.6) is 0 Å². The number of nitrogen functional groups attached to an aromatic ring is 1. The average molecular weight is 409 g/mol. The summed E-state index contributed by atoms with van der Waals surface area (Å²) in [6.45, 7) is 7.91. The number of nitrogens with two attached hydrogens (primary N) is 1. The topological polar surface area (TPSA) is 114 Å². The third-order valence-corrected chi connectivity index (χ3v) is 6.26. The van der Waals surface area contributed by atoms with E-state index in [1.165, 1.54) is 0 Å². The van der Waals surface area contributed by atoms with E-state index >= 15 is 0 Å². The van der Waals surface area contributed by atoms with Gasteiger partial charge in [0.1, 0.15) is 0 Å². The maximum absolute atomic E-state index is 9.74. The molecule has 30 heavy (non-hydrogen) atoms. The van der Waals surface area contributed by atoms with Gasteiger partial charge >= 0.3 is 6.01 Å². The molecular formula is C22H28N6O2. The molecule has 3 aromatic rings. The van der Waals surface area contributed by atoms with Crippen molar-refractivity contribution in [3.8, 4) is 11.1 Å². The first-order valence-electron chi connectivity index (χ1n) is 10.3. The van der Waals surface area contributed by atoms with Crippen molar-refractivity contribution in [2.45, 2.75) is 45.1 Å². The second-order valence-corrected chi connectivity index (χ2v) is 8.38. The molecule has 0 aliphatic carbocycles. The van der Waals surface area contributed by atoms with Gasteiger partial charge in [0.25, 0.3) is 0 Å². The fraction of sp³-hybridized carbons (Fsp3) is 0.455. The maximum atomic E-state index is 9.74. The Hall–Kier alpha value is -3.00. The SMILES string of the molecule is CC(C)[C@@](C)(c1ccc(-c2cnc(N)nc2)cc1)c1noc(N2CCC(O)CC2)n1. The summed E-state index contributed by atoms with van der Waals surface area (Å²) in [4.78, 5) is 14.9. The molecule has 0 unspecified atom stereocenters. The van der Waals surface area contributed by atoms with Gasteiger partial charge < -0.3 is 20.3 Å². The normalized spacial score (nSPS) is 17.3. The van der Waals surface area contributed by atoms with Crippen LogP contribution in [0, 0.1) is 5.92 Å². The van der Waals surface area contributed by atoms with E-state index in [9.17, 15) is 5.11 Å². The standard InChI is InChI=1S/C22H28N6O2/c1-14(2)22(3,19-26-21(30-27-19)28-10-8-18(29)9-11-28)17-6-4-15(5-7-17)16-12-24-20(23)25-13-16/h4-7,12-14,18,29H,8-11H2,1-3H3,(H2,23,24,25)/t22-/m0/s1. The molecule has 8 heteroatoms. The van der Waals surface area contributed by atoms with E-state index in [4.69, 9.17) is 15.2 Å². The zero-order chi connectivity index (χ0) is 21.3. The number of hydrogen-bond donors (Lipinski definition) is 2. The number of aliphatic hydroxyl groups excluding tert-OH is 1. The zero-order valence-corrected chi connectivity index (χ0v) is 17.6. The van der Waals surface area contributed by atoms with Crippen LogP contribution in [0.1, 0.15) is 45.0 Å². The van der Waals surface area contributed by atoms with Gasteiger partial charge in [-0.05, 0) is 36.8 Å². The monoisotopic (exact) mass is 408 g/mol. The van der Waals surface area contributed by atoms with Crippen molar-refractivity contribution in [3.63, 3.8) is 0 Å². The minimum absolute atomic E-state index is 0.241. The summed E-state index contributed by atoms with van der Waals surface area (Å²) in [5, 5.41) is 14.1. The van der Waals surface area contributed by atoms with Gasteiger partial charge in [0, 0.05) is 31.0 Å². The Bertz CT molecular complexity index is 978. The lowest BCUT2D eigenvalue weighted by Crippen LogP contribution is -2.36. The Morgan fingerprint density at radius 1 is 1.10 bits per heavy atom. The largest absolute Gasteiger partial charge is 0.393 e. The predicted octanol–water partition coefficient (Wildman–Crippen LogP) is 3.03. The van der Waals surface area contributed by atoms with Crippen LogP contribution < -0.4 is 10.6 Å². The molecule has 3 heterocycles. The summed E-state index contributed by atoms with van der Waals surface area (Å²) in [5.41, 5.74) is 8.22. The molecule has 1 aromatic carbocycles. The second kappa shape index (κ2) is 8.02. The number of nitrogens with zero attached hydrogens (tertiary/aromatic N) is 5. The second-order valence-electron chi connectivity index (χ2n) is 8.38. The molecule has 0 spiro atoms. The molecule has 1 fully saturated rings. The molecule has 0 bridgehead atoms. The van der Waals surface area contributed by atoms with Crippen molar-refractivity contribution < 1.29 is 9.63 Å². The maximum Gasteiger partial charge on any atom is 0.324 e. The van der Waals surface area contributed by atoms with E-state index in [0.717, 1.165) is 42.6 Å². The highest BCUT2D eigenvalue weighted by molar-refractivity contribution is 5.62. The molecule has 8 nitrogen and oxygen atoms in total. The summed E-state index contributed by atoms with van der Waals surface area (Å²) in [6.07, 6.45) is 4.64. The summed E-state index contributed by atoms with van der Waals surface area (Å²) < 4.78 is 5.62. The highest BCUT2D eigenvalue weighted by Crippen LogP contribution is 2.39. The van der Waals surface area contributed by atoms with Crippen molar-refractivity contribution >= 4 is 12.0 Å². The third kappa shape index (κ3) is 3.75. The van der Waals surface area contributed by atoms with Gasteiger partial charge in [-0.1, -0.05) is 43.3 Å². The van der Waals surface area contributed by atoms with Crippen LogP contribution in [-0.4, -0.2) is 44.4 Å². The molecule has 0 saturated carbocycles. The van der Waals surface area contributed by atoms with Crippen LogP contribution in [0.2, 0.25) is 0 Å². The molecule has 0 amide bonds. The fourth-order valence-corrected chi connectivity index (χ4v) is 3.83. The van der Waals surface area contributed by atoms with E-state index in [2.05, 4.69) is 60.2 Å². The molecule has 0 radical (unpaired) electrons. The summed E-state index contributed by atoms with van der Waals surface area (Å²) in [7, 11) is 0. The number of anilines is 2. The van der Waals surface area contributed by atoms with Crippen molar-refractivity contribution in [2.24, 2.45) is 5.92 Å². The van der Waals surface area contributed by atoms with Gasteiger partial charge in [0.2, 0.25) is 5.95 Å². The predicted molar refractivity (Wildman–Crippen MR) is 115 cm³/mol. The Kier molecular flexibility index (Phi) is 5.42. The quantitative estimate of drug-likeness (QED) is 0.662. The molecule has 1 atom stereocenters. The first-order valence-corrected chi connectivity index (χ1v) is 10.3. The molecule has 1 aliphatic rings. The minimum atomic E-state index is -0.410. The van der Waals surface area contributed by atoms with Crippen LogP contribution in [0.25, 0.3) is 11.1 Å². The van der Waals surface area contributed by atoms with Crippen molar-refractivity contribution in [3.05, 3.63) is 48.0 Å². The highest BCUT2D eigenvalue weighted by Gasteiger charge is 2.38. The van der Waals surface area contributed by atoms with Crippen molar-refractivity contribution in [2.75, 3.05) is 23.7 Å². The van der Waals surface area contributed by atoms with Gasteiger partial charge in [-0.15, -0.1) is 0 Å². The Morgan fingerprint density at radius 3 is 2.33 bits per heavy atom. The molecule has 2 aromatic heterocycles. The Morgan fingerprint density at radius 2 is 1.73 bits per heavy atom. The number of piperidine rings is 1. The van der Waals surface area contributed by atoms with E-state index in [1.54, 1.807) is 12.4 Å². The van der Waals surface area contributed by atoms with Crippen LogP contribution in [0.15, 0.2) is 41.2 Å². The lowest BCUT2D eigenvalue weighted by atomic mass is 9.72. The molecule has 3 N–H and O–H groups in total. The van der Waals surface area contributed by atoms with Gasteiger partial charge in [0.15, 0.2) is 5.82 Å². The Labute approximate surface area is 176 Å². The third-order valence-electron chi connectivity index (χ3n) is 6.26. The lowest BCUT2D eigenvalue weighted by Gasteiger charge is -2.31. The van der Waals surface area contributed by atoms with Crippen LogP contribution in [0.4, 0.5) is 12.0 Å². The summed E-state index contributed by atoms with van der Waals surface area (Å²) in [6, 6.07) is 8.83. The number of benzene rings is 1. The molecule has 158 valence electrons. The number of aliphatic hydroxyl groups is 1. The van der Waals surface area contributed by atoms with Crippen LogP contribution in [-0.2, 0) is 5.41 Å². The molecule has 4 rings (SSSR count). The van der Waals surface area contributed by atoms with Crippen LogP contribution >= 0.6 is 0 Å². The van der Waals surface area contributed by atoms with Crippen LogP contribution in [0.3, 0.4) is 0 Å². The lowest BCUT2D eigenvalue weighted by molar-refractivity contribution is 0.143. The zero-order valence-electron chi connectivity index (χ0n) is 17.6. The van der Waals surface area contributed by atoms with Crippen molar-refractivity contribution in [1.29, 1.82) is 0 Å². The highest BCUT2D eigenvalue weighted by atomic mass is 16.5. The van der Waals surface area contributed by atoms with Gasteiger partial charge in [-0.2, -0.15) is 4.98 Å². The fourth-order valence-electron chi connectivity index (χ4n) is 3.83. The van der Waals surface area contributed by atoms with E-state index in [1.807, 2.05) is 4.90 Å². The Balaban J connectivity index is 1.62. The van der Waals surface area contributed by atoms with Gasteiger partial charge in [0.05, 0.1) is 11.5 Å². The molecular weight excluding hydrogens is 380 g/mol. The van der Waals surface area contributed by atoms with E-state index in [-0.39, 0.29) is 18.0 Å². The minimum Gasteiger partial charge on any atom is -0.393 e. The number of aromatic nitrogens is 4. The molecule has 1 saturated heterocycles. The average Bonchev–Trinajstić information content (AvgIpc) is 3.25.